The van der Waals surface area contributed by atoms with Crippen molar-refractivity contribution in [3.8, 4) is 54.3 Å². The van der Waals surface area contributed by atoms with Crippen molar-refractivity contribution < 1.29 is 18.9 Å². The molecule has 4 heterocycles. The lowest BCUT2D eigenvalue weighted by molar-refractivity contribution is 0.174. The molecule has 7 rings (SSSR count). The van der Waals surface area contributed by atoms with Crippen molar-refractivity contribution in [2.75, 3.05) is 26.4 Å². The molecule has 0 bridgehead atoms. The van der Waals surface area contributed by atoms with Gasteiger partial charge in [-0.15, -0.1) is 22.7 Å². The summed E-state index contributed by atoms with van der Waals surface area (Å²) < 4.78 is 24.4. The summed E-state index contributed by atoms with van der Waals surface area (Å²) in [5, 5.41) is 0. The molecule has 0 radical (unpaired) electrons. The van der Waals surface area contributed by atoms with E-state index >= 15 is 0 Å². The molecule has 6 heteroatoms. The molecule has 4 nitrogen and oxygen atoms in total. The van der Waals surface area contributed by atoms with Crippen molar-refractivity contribution >= 4 is 28.2 Å². The minimum Gasteiger partial charge on any atom is -0.485 e. The van der Waals surface area contributed by atoms with Crippen LogP contribution in [0.15, 0.2) is 72.8 Å². The maximum Gasteiger partial charge on any atom is 0.180 e. The average Bonchev–Trinajstić information content (AvgIpc) is 3.54. The molecule has 1 aliphatic carbocycles. The molecule has 0 N–H and O–H groups in total. The summed E-state index contributed by atoms with van der Waals surface area (Å²) in [6, 6.07) is 19.1. The van der Waals surface area contributed by atoms with Crippen molar-refractivity contribution in [3.63, 3.8) is 0 Å². The Balaban J connectivity index is 1.28. The number of rotatable bonds is 4. The quantitative estimate of drug-likeness (QED) is 0.277. The number of fused-ring (bicyclic) bond motifs is 2. The zero-order valence-electron chi connectivity index (χ0n) is 19.6. The van der Waals surface area contributed by atoms with Gasteiger partial charge in [-0.2, -0.15) is 0 Å². The first kappa shape index (κ1) is 21.8. The van der Waals surface area contributed by atoms with Gasteiger partial charge in [0.1, 0.15) is 26.4 Å². The molecular formula is C30H24O4S2. The number of benzene rings is 2. The molecule has 180 valence electrons. The number of ether oxygens (including phenoxy) is 4. The van der Waals surface area contributed by atoms with E-state index in [9.17, 15) is 0 Å². The Bertz CT molecular complexity index is 1480. The summed E-state index contributed by atoms with van der Waals surface area (Å²) in [5.74, 6) is 3.45. The van der Waals surface area contributed by atoms with Gasteiger partial charge in [-0.25, -0.2) is 0 Å². The molecule has 0 unspecified atom stereocenters. The predicted octanol–water partition coefficient (Wildman–Crippen LogP) is 8.09. The Morgan fingerprint density at radius 2 is 0.972 bits per heavy atom. The topological polar surface area (TPSA) is 36.9 Å². The third kappa shape index (κ3) is 3.72. The zero-order chi connectivity index (χ0) is 23.9. The fourth-order valence-electron chi connectivity index (χ4n) is 4.81. The molecule has 4 aromatic rings. The van der Waals surface area contributed by atoms with Crippen LogP contribution in [-0.2, 0) is 0 Å². The fourth-order valence-corrected chi connectivity index (χ4v) is 7.22. The highest BCUT2D eigenvalue weighted by Crippen LogP contribution is 2.55. The van der Waals surface area contributed by atoms with Crippen LogP contribution in [0.1, 0.15) is 17.7 Å². The van der Waals surface area contributed by atoms with Crippen molar-refractivity contribution in [2.45, 2.75) is 12.8 Å². The normalized spacial score (nSPS) is 16.1. The standard InChI is InChI=1S/C30H24O4S2/c1-3-7-19(8-4-1)27-23-25(33-17-15-31-23)29(35-27)21-11-13-22(14-12-21)30-26-24(32-16-18-34-26)28(36-30)20-9-5-2-6-10-20/h1,3-5,7-14H,2,6,15-18H2. The van der Waals surface area contributed by atoms with E-state index in [-0.39, 0.29) is 0 Å². The summed E-state index contributed by atoms with van der Waals surface area (Å²) in [5.41, 5.74) is 4.62. The second-order valence-corrected chi connectivity index (χ2v) is 10.9. The Morgan fingerprint density at radius 3 is 1.47 bits per heavy atom. The zero-order valence-corrected chi connectivity index (χ0v) is 21.3. The van der Waals surface area contributed by atoms with E-state index in [1.807, 2.05) is 6.07 Å². The van der Waals surface area contributed by atoms with Crippen LogP contribution in [0.2, 0.25) is 0 Å². The molecular weight excluding hydrogens is 488 g/mol. The van der Waals surface area contributed by atoms with Gasteiger partial charge in [0.2, 0.25) is 0 Å². The average molecular weight is 513 g/mol. The first-order valence-corrected chi connectivity index (χ1v) is 13.9. The molecule has 2 aromatic carbocycles. The molecule has 2 aliphatic heterocycles. The van der Waals surface area contributed by atoms with Gasteiger partial charge < -0.3 is 18.9 Å². The maximum atomic E-state index is 6.12. The molecule has 0 fully saturated rings. The van der Waals surface area contributed by atoms with Gasteiger partial charge in [-0.1, -0.05) is 72.8 Å². The van der Waals surface area contributed by atoms with E-state index in [1.165, 1.54) is 5.57 Å². The first-order valence-electron chi connectivity index (χ1n) is 12.2. The van der Waals surface area contributed by atoms with E-state index in [0.717, 1.165) is 72.0 Å². The van der Waals surface area contributed by atoms with Gasteiger partial charge in [0.25, 0.3) is 0 Å². The van der Waals surface area contributed by atoms with Crippen molar-refractivity contribution in [3.05, 3.63) is 77.7 Å². The van der Waals surface area contributed by atoms with Gasteiger partial charge >= 0.3 is 0 Å². The maximum absolute atomic E-state index is 6.12. The summed E-state index contributed by atoms with van der Waals surface area (Å²) in [7, 11) is 0. The van der Waals surface area contributed by atoms with Gasteiger partial charge in [0.05, 0.1) is 19.5 Å². The van der Waals surface area contributed by atoms with Gasteiger partial charge in [-0.3, -0.25) is 0 Å². The highest BCUT2D eigenvalue weighted by Gasteiger charge is 2.28. The van der Waals surface area contributed by atoms with Crippen molar-refractivity contribution in [1.82, 2.24) is 0 Å². The van der Waals surface area contributed by atoms with Crippen LogP contribution in [0.25, 0.3) is 36.9 Å². The SMILES string of the molecule is C1=CC(c2sc(-c3ccc(-c4sc(-c5ccccc5)c5c4OCCO5)cc3)c3c2OCCO3)=CCC1. The molecule has 0 amide bonds. The van der Waals surface area contributed by atoms with Gasteiger partial charge in [0, 0.05) is 0 Å². The number of thiophene rings is 2. The lowest BCUT2D eigenvalue weighted by atomic mass is 10.0. The van der Waals surface area contributed by atoms with Gasteiger partial charge in [-0.05, 0) is 35.1 Å². The molecule has 36 heavy (non-hydrogen) atoms. The summed E-state index contributed by atoms with van der Waals surface area (Å²) >= 11 is 3.47. The smallest absolute Gasteiger partial charge is 0.180 e. The first-order chi connectivity index (χ1) is 17.9. The van der Waals surface area contributed by atoms with Crippen LogP contribution in [-0.4, -0.2) is 26.4 Å². The highest BCUT2D eigenvalue weighted by molar-refractivity contribution is 7.19. The summed E-state index contributed by atoms with van der Waals surface area (Å²) in [6.07, 6.45) is 8.88. The number of hydrogen-bond donors (Lipinski definition) is 0. The highest BCUT2D eigenvalue weighted by atomic mass is 32.1. The second kappa shape index (κ2) is 9.19. The Labute approximate surface area is 218 Å². The lowest BCUT2D eigenvalue weighted by Crippen LogP contribution is -2.15. The second-order valence-electron chi connectivity index (χ2n) is 8.81. The monoisotopic (exact) mass is 512 g/mol. The van der Waals surface area contributed by atoms with Crippen LogP contribution in [0.3, 0.4) is 0 Å². The summed E-state index contributed by atoms with van der Waals surface area (Å²) in [6.45, 7) is 2.29. The van der Waals surface area contributed by atoms with Crippen molar-refractivity contribution in [2.24, 2.45) is 0 Å². The Kier molecular flexibility index (Phi) is 5.56. The number of hydrogen-bond acceptors (Lipinski definition) is 6. The number of allylic oxidation sites excluding steroid dienone is 4. The van der Waals surface area contributed by atoms with Crippen LogP contribution >= 0.6 is 22.7 Å². The molecule has 0 saturated carbocycles. The third-order valence-electron chi connectivity index (χ3n) is 6.50. The molecule has 0 saturated heterocycles. The van der Waals surface area contributed by atoms with Crippen molar-refractivity contribution in [1.29, 1.82) is 0 Å². The Morgan fingerprint density at radius 1 is 0.500 bits per heavy atom. The molecule has 0 spiro atoms. The van der Waals surface area contributed by atoms with Gasteiger partial charge in [0.15, 0.2) is 23.0 Å². The predicted molar refractivity (Wildman–Crippen MR) is 147 cm³/mol. The largest absolute Gasteiger partial charge is 0.485 e. The van der Waals surface area contributed by atoms with E-state index in [1.54, 1.807) is 22.7 Å². The minimum atomic E-state index is 0.564. The van der Waals surface area contributed by atoms with Crippen LogP contribution < -0.4 is 18.9 Å². The third-order valence-corrected chi connectivity index (χ3v) is 9.00. The van der Waals surface area contributed by atoms with Crippen LogP contribution in [0.4, 0.5) is 0 Å². The molecule has 2 aromatic heterocycles. The molecule has 3 aliphatic rings. The molecule has 0 atom stereocenters. The fraction of sp³-hybridized carbons (Fsp3) is 0.200. The van der Waals surface area contributed by atoms with E-state index in [0.29, 0.717) is 26.4 Å². The van der Waals surface area contributed by atoms with E-state index in [4.69, 9.17) is 18.9 Å². The lowest BCUT2D eigenvalue weighted by Gasteiger charge is -2.18. The van der Waals surface area contributed by atoms with Crippen LogP contribution in [0.5, 0.6) is 23.0 Å². The van der Waals surface area contributed by atoms with E-state index < -0.39 is 0 Å². The Hall–Kier alpha value is -3.48. The van der Waals surface area contributed by atoms with E-state index in [2.05, 4.69) is 66.8 Å². The van der Waals surface area contributed by atoms with Crippen LogP contribution in [0, 0.1) is 0 Å². The summed E-state index contributed by atoms with van der Waals surface area (Å²) in [4.78, 5) is 4.48. The minimum absolute atomic E-state index is 0.564.